The first-order chi connectivity index (χ1) is 14.7. The maximum absolute atomic E-state index is 12.8. The van der Waals surface area contributed by atoms with Crippen LogP contribution in [0.2, 0.25) is 5.02 Å². The molecule has 0 aliphatic carbocycles. The van der Waals surface area contributed by atoms with E-state index in [4.69, 9.17) is 16.3 Å². The average Bonchev–Trinajstić information content (AvgIpc) is 2.72. The molecule has 0 aliphatic rings. The van der Waals surface area contributed by atoms with Crippen molar-refractivity contribution >= 4 is 45.5 Å². The van der Waals surface area contributed by atoms with Crippen LogP contribution in [-0.4, -0.2) is 35.2 Å². The minimum Gasteiger partial charge on any atom is -0.480 e. The van der Waals surface area contributed by atoms with Crippen LogP contribution in [0.3, 0.4) is 0 Å². The fourth-order valence-electron chi connectivity index (χ4n) is 2.81. The highest BCUT2D eigenvalue weighted by Crippen LogP contribution is 2.22. The molecule has 31 heavy (non-hydrogen) atoms. The van der Waals surface area contributed by atoms with Gasteiger partial charge in [-0.2, -0.15) is 0 Å². The number of benzene rings is 2. The highest BCUT2D eigenvalue weighted by molar-refractivity contribution is 9.10. The van der Waals surface area contributed by atoms with Crippen LogP contribution in [0.4, 0.5) is 4.79 Å². The van der Waals surface area contributed by atoms with Crippen LogP contribution in [0, 0.1) is 5.92 Å². The van der Waals surface area contributed by atoms with Crippen molar-refractivity contribution in [3.05, 3.63) is 69.2 Å². The van der Waals surface area contributed by atoms with E-state index in [1.165, 1.54) is 0 Å². The van der Waals surface area contributed by atoms with E-state index >= 15 is 0 Å². The summed E-state index contributed by atoms with van der Waals surface area (Å²) >= 11 is 9.35. The predicted octanol–water partition coefficient (Wildman–Crippen LogP) is 4.17. The molecule has 0 heterocycles. The van der Waals surface area contributed by atoms with Crippen molar-refractivity contribution in [3.8, 4) is 0 Å². The van der Waals surface area contributed by atoms with Gasteiger partial charge in [0.05, 0.1) is 0 Å². The van der Waals surface area contributed by atoms with Crippen LogP contribution < -0.4 is 10.6 Å². The molecule has 0 unspecified atom stereocenters. The normalized spacial score (nSPS) is 12.7. The Hall–Kier alpha value is -2.58. The monoisotopic (exact) mass is 510 g/mol. The molecule has 0 aliphatic heterocycles. The van der Waals surface area contributed by atoms with Crippen molar-refractivity contribution in [1.29, 1.82) is 0 Å². The van der Waals surface area contributed by atoms with Gasteiger partial charge >= 0.3 is 12.1 Å². The fourth-order valence-corrected chi connectivity index (χ4v) is 3.41. The summed E-state index contributed by atoms with van der Waals surface area (Å²) < 4.78 is 5.85. The number of carbonyl (C=O) groups excluding carboxylic acids is 2. The van der Waals surface area contributed by atoms with Crippen LogP contribution in [0.1, 0.15) is 25.0 Å². The van der Waals surface area contributed by atoms with Gasteiger partial charge in [-0.15, -0.1) is 0 Å². The van der Waals surface area contributed by atoms with Gasteiger partial charge in [-0.3, -0.25) is 4.79 Å². The van der Waals surface area contributed by atoms with Crippen LogP contribution in [0.25, 0.3) is 0 Å². The lowest BCUT2D eigenvalue weighted by atomic mass is 10.0. The van der Waals surface area contributed by atoms with E-state index < -0.39 is 30.1 Å². The number of rotatable bonds is 9. The molecule has 0 aromatic heterocycles. The zero-order valence-electron chi connectivity index (χ0n) is 17.1. The average molecular weight is 512 g/mol. The van der Waals surface area contributed by atoms with E-state index in [9.17, 15) is 19.5 Å². The molecular formula is C22H24BrClN2O5. The van der Waals surface area contributed by atoms with Crippen molar-refractivity contribution < 1.29 is 24.2 Å². The molecule has 2 aromatic rings. The van der Waals surface area contributed by atoms with Crippen molar-refractivity contribution in [2.75, 3.05) is 0 Å². The molecule has 0 spiro atoms. The second-order valence-electron chi connectivity index (χ2n) is 7.27. The van der Waals surface area contributed by atoms with E-state index in [0.717, 1.165) is 5.56 Å². The number of ether oxygens (including phenoxy) is 1. The van der Waals surface area contributed by atoms with Gasteiger partial charge < -0.3 is 20.5 Å². The SMILES string of the molecule is CC(C)[C@@H](NC(=O)OCc1ccccc1)C(=O)N[C@H](Cc1cc(Cl)ccc1Br)C(=O)O. The Labute approximate surface area is 194 Å². The highest BCUT2D eigenvalue weighted by Gasteiger charge is 2.29. The molecule has 0 fully saturated rings. The summed E-state index contributed by atoms with van der Waals surface area (Å²) in [6, 6.07) is 12.0. The zero-order chi connectivity index (χ0) is 23.0. The Bertz CT molecular complexity index is 923. The summed E-state index contributed by atoms with van der Waals surface area (Å²) in [7, 11) is 0. The number of carboxylic acids is 1. The van der Waals surface area contributed by atoms with E-state index in [0.29, 0.717) is 15.1 Å². The minimum absolute atomic E-state index is 0.0193. The molecule has 9 heteroatoms. The summed E-state index contributed by atoms with van der Waals surface area (Å²) in [5.74, 6) is -2.11. The van der Waals surface area contributed by atoms with Gasteiger partial charge in [0.25, 0.3) is 0 Å². The molecule has 2 atom stereocenters. The molecule has 0 saturated carbocycles. The van der Waals surface area contributed by atoms with Crippen LogP contribution >= 0.6 is 27.5 Å². The van der Waals surface area contributed by atoms with Crippen molar-refractivity contribution in [2.45, 2.75) is 39.0 Å². The van der Waals surface area contributed by atoms with Gasteiger partial charge in [0.15, 0.2) is 0 Å². The van der Waals surface area contributed by atoms with E-state index in [-0.39, 0.29) is 18.9 Å². The van der Waals surface area contributed by atoms with Gasteiger partial charge in [-0.05, 0) is 35.2 Å². The molecule has 2 aromatic carbocycles. The first kappa shape index (κ1) is 24.7. The number of carbonyl (C=O) groups is 3. The van der Waals surface area contributed by atoms with Gasteiger partial charge in [0, 0.05) is 15.9 Å². The summed E-state index contributed by atoms with van der Waals surface area (Å²) in [6.45, 7) is 3.54. The molecule has 0 bridgehead atoms. The summed E-state index contributed by atoms with van der Waals surface area (Å²) in [5.41, 5.74) is 1.44. The fraction of sp³-hybridized carbons (Fsp3) is 0.318. The smallest absolute Gasteiger partial charge is 0.408 e. The third kappa shape index (κ3) is 7.88. The number of halogens is 2. The number of alkyl carbamates (subject to hydrolysis) is 1. The third-order valence-corrected chi connectivity index (χ3v) is 5.49. The first-order valence-electron chi connectivity index (χ1n) is 9.61. The number of aliphatic carboxylic acids is 1. The summed E-state index contributed by atoms with van der Waals surface area (Å²) in [6.07, 6.45) is -0.743. The van der Waals surface area contributed by atoms with Crippen LogP contribution in [0.5, 0.6) is 0 Å². The topological polar surface area (TPSA) is 105 Å². The predicted molar refractivity (Wildman–Crippen MR) is 121 cm³/mol. The molecule has 166 valence electrons. The van der Waals surface area contributed by atoms with Crippen LogP contribution in [-0.2, 0) is 27.4 Å². The Morgan fingerprint density at radius 3 is 2.39 bits per heavy atom. The number of amides is 2. The molecule has 2 rings (SSSR count). The third-order valence-electron chi connectivity index (χ3n) is 4.48. The Kier molecular flexibility index (Phi) is 9.33. The van der Waals surface area contributed by atoms with Crippen molar-refractivity contribution in [3.63, 3.8) is 0 Å². The maximum Gasteiger partial charge on any atom is 0.408 e. The summed E-state index contributed by atoms with van der Waals surface area (Å²) in [5, 5.41) is 15.1. The van der Waals surface area contributed by atoms with Gasteiger partial charge in [0.2, 0.25) is 5.91 Å². The number of hydrogen-bond donors (Lipinski definition) is 3. The number of hydrogen-bond acceptors (Lipinski definition) is 4. The molecular weight excluding hydrogens is 488 g/mol. The highest BCUT2D eigenvalue weighted by atomic mass is 79.9. The Morgan fingerprint density at radius 1 is 1.10 bits per heavy atom. The van der Waals surface area contributed by atoms with E-state index in [1.54, 1.807) is 32.0 Å². The zero-order valence-corrected chi connectivity index (χ0v) is 19.4. The van der Waals surface area contributed by atoms with Gasteiger partial charge in [-0.25, -0.2) is 9.59 Å². The largest absolute Gasteiger partial charge is 0.480 e. The lowest BCUT2D eigenvalue weighted by Gasteiger charge is -2.24. The molecule has 0 saturated heterocycles. The Morgan fingerprint density at radius 2 is 1.77 bits per heavy atom. The second kappa shape index (κ2) is 11.7. The summed E-state index contributed by atoms with van der Waals surface area (Å²) in [4.78, 5) is 36.7. The lowest BCUT2D eigenvalue weighted by Crippen LogP contribution is -2.54. The molecule has 3 N–H and O–H groups in total. The maximum atomic E-state index is 12.8. The quantitative estimate of drug-likeness (QED) is 0.469. The Balaban J connectivity index is 2.02. The van der Waals surface area contributed by atoms with E-state index in [2.05, 4.69) is 26.6 Å². The number of nitrogens with one attached hydrogen (secondary N) is 2. The van der Waals surface area contributed by atoms with Gasteiger partial charge in [-0.1, -0.05) is 71.7 Å². The van der Waals surface area contributed by atoms with Crippen LogP contribution in [0.15, 0.2) is 53.0 Å². The molecule has 0 radical (unpaired) electrons. The van der Waals surface area contributed by atoms with E-state index in [1.807, 2.05) is 30.3 Å². The standard InChI is InChI=1S/C22H24BrClN2O5/c1-13(2)19(26-22(30)31-12-14-6-4-3-5-7-14)20(27)25-18(21(28)29)11-15-10-16(24)8-9-17(15)23/h3-10,13,18-19H,11-12H2,1-2H3,(H,25,27)(H,26,30)(H,28,29)/t18-,19-/m1/s1. The molecule has 7 nitrogen and oxygen atoms in total. The lowest BCUT2D eigenvalue weighted by molar-refractivity contribution is -0.142. The van der Waals surface area contributed by atoms with Crippen molar-refractivity contribution in [2.24, 2.45) is 5.92 Å². The minimum atomic E-state index is -1.20. The van der Waals surface area contributed by atoms with Crippen molar-refractivity contribution in [1.82, 2.24) is 10.6 Å². The first-order valence-corrected chi connectivity index (χ1v) is 10.8. The second-order valence-corrected chi connectivity index (χ2v) is 8.56. The van der Waals surface area contributed by atoms with Gasteiger partial charge in [0.1, 0.15) is 18.7 Å². The molecule has 2 amide bonds. The number of carboxylic acid groups (broad SMARTS) is 1.